The van der Waals surface area contributed by atoms with Gasteiger partial charge in [-0.1, -0.05) is 0 Å². The molecule has 106 valence electrons. The molecule has 2 rings (SSSR count). The van der Waals surface area contributed by atoms with Crippen molar-refractivity contribution in [2.45, 2.75) is 20.3 Å². The molecule has 0 aliphatic heterocycles. The highest BCUT2D eigenvalue weighted by Gasteiger charge is 2.17. The third-order valence-corrected chi connectivity index (χ3v) is 2.77. The molecule has 0 saturated heterocycles. The largest absolute Gasteiger partial charge is 0.463 e. The molecule has 0 bridgehead atoms. The van der Waals surface area contributed by atoms with E-state index >= 15 is 0 Å². The minimum Gasteiger partial charge on any atom is -0.463 e. The van der Waals surface area contributed by atoms with Gasteiger partial charge in [0, 0.05) is 17.8 Å². The summed E-state index contributed by atoms with van der Waals surface area (Å²) in [6.45, 7) is 3.73. The molecular weight excluding hydrogens is 268 g/mol. The number of halogens is 2. The van der Waals surface area contributed by atoms with Crippen molar-refractivity contribution in [2.75, 3.05) is 6.61 Å². The first kappa shape index (κ1) is 14.1. The number of alkyl halides is 2. The summed E-state index contributed by atoms with van der Waals surface area (Å²) in [5.74, 6) is -0.856. The summed E-state index contributed by atoms with van der Waals surface area (Å²) in [5.41, 5.74) is 1.69. The van der Waals surface area contributed by atoms with E-state index in [0.29, 0.717) is 23.4 Å². The normalized spacial score (nSPS) is 11.7. The molecule has 0 unspecified atom stereocenters. The van der Waals surface area contributed by atoms with Gasteiger partial charge in [-0.3, -0.25) is 4.40 Å². The third-order valence-electron chi connectivity index (χ3n) is 2.77. The van der Waals surface area contributed by atoms with Crippen LogP contribution in [-0.4, -0.2) is 27.2 Å². The molecule has 0 atom stereocenters. The van der Waals surface area contributed by atoms with Crippen LogP contribution >= 0.6 is 0 Å². The Bertz CT molecular complexity index is 665. The van der Waals surface area contributed by atoms with E-state index in [1.54, 1.807) is 26.0 Å². The molecule has 5 nitrogen and oxygen atoms in total. The van der Waals surface area contributed by atoms with E-state index < -0.39 is 18.2 Å². The van der Waals surface area contributed by atoms with Crippen LogP contribution in [0.25, 0.3) is 11.7 Å². The number of carbonyl (C=O) groups is 1. The van der Waals surface area contributed by atoms with Crippen LogP contribution in [0.5, 0.6) is 0 Å². The molecule has 2 aromatic rings. The summed E-state index contributed by atoms with van der Waals surface area (Å²) in [6.07, 6.45) is 1.61. The zero-order valence-electron chi connectivity index (χ0n) is 11.0. The summed E-state index contributed by atoms with van der Waals surface area (Å²) in [7, 11) is 0. The molecule has 0 N–H and O–H groups in total. The topological polar surface area (TPSA) is 56.5 Å². The van der Waals surface area contributed by atoms with Gasteiger partial charge >= 0.3 is 5.97 Å². The Hall–Kier alpha value is -2.31. The van der Waals surface area contributed by atoms with E-state index in [9.17, 15) is 13.6 Å². The zero-order valence-corrected chi connectivity index (χ0v) is 11.0. The quantitative estimate of drug-likeness (QED) is 0.638. The molecule has 2 aromatic heterocycles. The van der Waals surface area contributed by atoms with Gasteiger partial charge in [0.2, 0.25) is 5.82 Å². The monoisotopic (exact) mass is 281 g/mol. The van der Waals surface area contributed by atoms with Crippen molar-refractivity contribution in [1.29, 1.82) is 0 Å². The lowest BCUT2D eigenvalue weighted by atomic mass is 10.1. The first-order valence-corrected chi connectivity index (χ1v) is 6.01. The van der Waals surface area contributed by atoms with Gasteiger partial charge < -0.3 is 4.74 Å². The van der Waals surface area contributed by atoms with Crippen LogP contribution < -0.4 is 0 Å². The smallest absolute Gasteiger partial charge is 0.330 e. The van der Waals surface area contributed by atoms with Crippen molar-refractivity contribution in [2.24, 2.45) is 0 Å². The molecule has 0 aliphatic carbocycles. The van der Waals surface area contributed by atoms with Gasteiger partial charge in [0.25, 0.3) is 6.43 Å². The molecule has 0 amide bonds. The second kappa shape index (κ2) is 5.77. The highest BCUT2D eigenvalue weighted by atomic mass is 19.3. The Balaban J connectivity index is 2.38. The van der Waals surface area contributed by atoms with Crippen LogP contribution in [0, 0.1) is 6.92 Å². The number of ether oxygens (including phenoxy) is 1. The summed E-state index contributed by atoms with van der Waals surface area (Å²) in [4.78, 5) is 11.2. The molecule has 0 spiro atoms. The SMILES string of the molecule is CCOC(=O)/C=C/c1ccn2c(C(F)F)nnc2c1C. The Morgan fingerprint density at radius 3 is 2.90 bits per heavy atom. The fourth-order valence-corrected chi connectivity index (χ4v) is 1.79. The number of nitrogens with zero attached hydrogens (tertiary/aromatic N) is 3. The van der Waals surface area contributed by atoms with Crippen molar-refractivity contribution in [3.63, 3.8) is 0 Å². The molecule has 0 fully saturated rings. The highest BCUT2D eigenvalue weighted by Crippen LogP contribution is 2.21. The second-order valence-corrected chi connectivity index (χ2v) is 4.03. The highest BCUT2D eigenvalue weighted by molar-refractivity contribution is 5.87. The Kier molecular flexibility index (Phi) is 4.07. The zero-order chi connectivity index (χ0) is 14.7. The van der Waals surface area contributed by atoms with Crippen molar-refractivity contribution < 1.29 is 18.3 Å². The molecule has 0 radical (unpaired) electrons. The van der Waals surface area contributed by atoms with Crippen molar-refractivity contribution >= 4 is 17.7 Å². The predicted octanol–water partition coefficient (Wildman–Crippen LogP) is 2.55. The van der Waals surface area contributed by atoms with Crippen molar-refractivity contribution in [1.82, 2.24) is 14.6 Å². The number of hydrogen-bond donors (Lipinski definition) is 0. The maximum Gasteiger partial charge on any atom is 0.330 e. The van der Waals surface area contributed by atoms with E-state index in [0.717, 1.165) is 0 Å². The lowest BCUT2D eigenvalue weighted by Gasteiger charge is -2.04. The minimum atomic E-state index is -2.69. The average molecular weight is 281 g/mol. The van der Waals surface area contributed by atoms with Gasteiger partial charge in [0.1, 0.15) is 0 Å². The maximum atomic E-state index is 12.7. The molecule has 0 saturated carbocycles. The number of hydrogen-bond acceptors (Lipinski definition) is 4. The summed E-state index contributed by atoms with van der Waals surface area (Å²) in [6, 6.07) is 1.62. The fourth-order valence-electron chi connectivity index (χ4n) is 1.79. The number of pyridine rings is 1. The molecule has 2 heterocycles. The number of aromatic nitrogens is 3. The van der Waals surface area contributed by atoms with Crippen LogP contribution in [0.1, 0.15) is 30.3 Å². The van der Waals surface area contributed by atoms with Crippen LogP contribution in [-0.2, 0) is 9.53 Å². The van der Waals surface area contributed by atoms with Crippen LogP contribution in [0.4, 0.5) is 8.78 Å². The number of esters is 1. The first-order valence-electron chi connectivity index (χ1n) is 6.01. The maximum absolute atomic E-state index is 12.7. The summed E-state index contributed by atoms with van der Waals surface area (Å²) >= 11 is 0. The van der Waals surface area contributed by atoms with Gasteiger partial charge in [-0.05, 0) is 31.6 Å². The molecular formula is C13H13F2N3O2. The van der Waals surface area contributed by atoms with Gasteiger partial charge in [0.15, 0.2) is 5.65 Å². The van der Waals surface area contributed by atoms with E-state index in [-0.39, 0.29) is 0 Å². The average Bonchev–Trinajstić information content (AvgIpc) is 2.83. The Morgan fingerprint density at radius 2 is 2.25 bits per heavy atom. The predicted molar refractivity (Wildman–Crippen MR) is 68.3 cm³/mol. The van der Waals surface area contributed by atoms with Crippen LogP contribution in [0.3, 0.4) is 0 Å². The molecule has 7 heteroatoms. The van der Waals surface area contributed by atoms with Crippen LogP contribution in [0.15, 0.2) is 18.3 Å². The Morgan fingerprint density at radius 1 is 1.50 bits per heavy atom. The van der Waals surface area contributed by atoms with E-state index in [4.69, 9.17) is 4.74 Å². The van der Waals surface area contributed by atoms with E-state index in [2.05, 4.69) is 10.2 Å². The first-order chi connectivity index (χ1) is 9.54. The minimum absolute atomic E-state index is 0.295. The van der Waals surface area contributed by atoms with Crippen LogP contribution in [0.2, 0.25) is 0 Å². The number of fused-ring (bicyclic) bond motifs is 1. The molecule has 20 heavy (non-hydrogen) atoms. The molecule has 0 aliphatic rings. The fraction of sp³-hybridized carbons (Fsp3) is 0.308. The third kappa shape index (κ3) is 2.66. The van der Waals surface area contributed by atoms with E-state index in [1.807, 2.05) is 0 Å². The lowest BCUT2D eigenvalue weighted by molar-refractivity contribution is -0.137. The number of aryl methyl sites for hydroxylation is 1. The van der Waals surface area contributed by atoms with Gasteiger partial charge in [-0.25, -0.2) is 13.6 Å². The molecule has 0 aromatic carbocycles. The van der Waals surface area contributed by atoms with Crippen molar-refractivity contribution in [3.05, 3.63) is 35.3 Å². The van der Waals surface area contributed by atoms with E-state index in [1.165, 1.54) is 16.7 Å². The number of carbonyl (C=O) groups excluding carboxylic acids is 1. The standard InChI is InChI=1S/C13H13F2N3O2/c1-3-20-10(19)5-4-9-6-7-18-12(8(9)2)16-17-13(18)11(14)15/h4-7,11H,3H2,1-2H3/b5-4+. The lowest BCUT2D eigenvalue weighted by Crippen LogP contribution is -1.99. The summed E-state index contributed by atoms with van der Waals surface area (Å²) < 4.78 is 31.4. The Labute approximate surface area is 113 Å². The summed E-state index contributed by atoms with van der Waals surface area (Å²) in [5, 5.41) is 7.22. The van der Waals surface area contributed by atoms with Crippen molar-refractivity contribution in [3.8, 4) is 0 Å². The second-order valence-electron chi connectivity index (χ2n) is 4.03. The van der Waals surface area contributed by atoms with Gasteiger partial charge in [-0.2, -0.15) is 0 Å². The van der Waals surface area contributed by atoms with Gasteiger partial charge in [0.05, 0.1) is 6.61 Å². The van der Waals surface area contributed by atoms with Gasteiger partial charge in [-0.15, -0.1) is 10.2 Å². The number of rotatable bonds is 4.